The predicted molar refractivity (Wildman–Crippen MR) is 87.8 cm³/mol. The van der Waals surface area contributed by atoms with Gasteiger partial charge in [-0.2, -0.15) is 0 Å². The van der Waals surface area contributed by atoms with Gasteiger partial charge >= 0.3 is 0 Å². The summed E-state index contributed by atoms with van der Waals surface area (Å²) in [6.07, 6.45) is 1.33. The highest BCUT2D eigenvalue weighted by atomic mass is 32.1. The van der Waals surface area contributed by atoms with E-state index in [2.05, 4.69) is 27.8 Å². The number of nitrogens with one attached hydrogen (secondary N) is 2. The second kappa shape index (κ2) is 6.14. The van der Waals surface area contributed by atoms with Crippen molar-refractivity contribution in [3.05, 3.63) is 57.9 Å². The Morgan fingerprint density at radius 3 is 2.90 bits per heavy atom. The van der Waals surface area contributed by atoms with Crippen LogP contribution in [0.15, 0.2) is 41.8 Å². The summed E-state index contributed by atoms with van der Waals surface area (Å²) >= 11 is 1.73. The van der Waals surface area contributed by atoms with Gasteiger partial charge in [-0.05, 0) is 36.4 Å². The maximum atomic E-state index is 12.1. The molecule has 0 saturated heterocycles. The number of H-pyrrole nitrogens is 1. The van der Waals surface area contributed by atoms with Gasteiger partial charge in [0, 0.05) is 28.0 Å². The van der Waals surface area contributed by atoms with E-state index >= 15 is 0 Å². The molecule has 3 nitrogen and oxygen atoms in total. The Kier molecular flexibility index (Phi) is 4.06. The van der Waals surface area contributed by atoms with Crippen LogP contribution in [0.25, 0.3) is 10.9 Å². The second-order valence-electron chi connectivity index (χ2n) is 5.13. The van der Waals surface area contributed by atoms with Crippen molar-refractivity contribution in [3.63, 3.8) is 0 Å². The Bertz CT molecular complexity index is 743. The van der Waals surface area contributed by atoms with E-state index in [1.54, 1.807) is 11.3 Å². The van der Waals surface area contributed by atoms with Gasteiger partial charge < -0.3 is 10.3 Å². The van der Waals surface area contributed by atoms with E-state index in [1.807, 2.05) is 31.2 Å². The highest BCUT2D eigenvalue weighted by molar-refractivity contribution is 7.09. The average molecular weight is 298 g/mol. The molecular formula is C17H18N2OS. The number of carbonyl (C=O) groups excluding carboxylic acids is 1. The van der Waals surface area contributed by atoms with Gasteiger partial charge in [-0.25, -0.2) is 0 Å². The Balaban J connectivity index is 1.62. The molecule has 108 valence electrons. The number of rotatable bonds is 5. The van der Waals surface area contributed by atoms with Crippen molar-refractivity contribution in [2.24, 2.45) is 0 Å². The molecule has 1 aromatic carbocycles. The van der Waals surface area contributed by atoms with Crippen molar-refractivity contribution in [1.29, 1.82) is 0 Å². The molecule has 0 atom stereocenters. The van der Waals surface area contributed by atoms with E-state index in [0.717, 1.165) is 28.6 Å². The molecular weight excluding hydrogens is 280 g/mol. The van der Waals surface area contributed by atoms with Crippen LogP contribution in [0.3, 0.4) is 0 Å². The molecule has 0 unspecified atom stereocenters. The molecule has 0 saturated carbocycles. The third-order valence-electron chi connectivity index (χ3n) is 3.64. The molecule has 0 radical (unpaired) electrons. The van der Waals surface area contributed by atoms with Gasteiger partial charge in [-0.15, -0.1) is 11.3 Å². The summed E-state index contributed by atoms with van der Waals surface area (Å²) in [6.45, 7) is 2.72. The monoisotopic (exact) mass is 298 g/mol. The SMILES string of the molecule is Cc1[nH]c2ccccc2c1CC(=O)NCCc1cccs1. The average Bonchev–Trinajstić information content (AvgIpc) is 3.08. The van der Waals surface area contributed by atoms with E-state index < -0.39 is 0 Å². The van der Waals surface area contributed by atoms with Crippen molar-refractivity contribution in [2.75, 3.05) is 6.54 Å². The second-order valence-corrected chi connectivity index (χ2v) is 6.16. The number of carbonyl (C=O) groups is 1. The first-order valence-corrected chi connectivity index (χ1v) is 7.97. The third kappa shape index (κ3) is 3.16. The number of para-hydroxylation sites is 1. The lowest BCUT2D eigenvalue weighted by molar-refractivity contribution is -0.120. The molecule has 0 fully saturated rings. The van der Waals surface area contributed by atoms with Crippen LogP contribution in [-0.4, -0.2) is 17.4 Å². The lowest BCUT2D eigenvalue weighted by atomic mass is 10.1. The fourth-order valence-electron chi connectivity index (χ4n) is 2.57. The van der Waals surface area contributed by atoms with Gasteiger partial charge in [-0.1, -0.05) is 24.3 Å². The van der Waals surface area contributed by atoms with E-state index in [1.165, 1.54) is 4.88 Å². The third-order valence-corrected chi connectivity index (χ3v) is 4.57. The fraction of sp³-hybridized carbons (Fsp3) is 0.235. The number of hydrogen-bond acceptors (Lipinski definition) is 2. The number of aryl methyl sites for hydroxylation is 1. The predicted octanol–water partition coefficient (Wildman–Crippen LogP) is 3.44. The molecule has 0 bridgehead atoms. The van der Waals surface area contributed by atoms with Gasteiger partial charge in [0.15, 0.2) is 0 Å². The molecule has 2 N–H and O–H groups in total. The van der Waals surface area contributed by atoms with E-state index in [9.17, 15) is 4.79 Å². The standard InChI is InChI=1S/C17H18N2OS/c1-12-15(14-6-2-3-7-16(14)19-12)11-17(20)18-9-8-13-5-4-10-21-13/h2-7,10,19H,8-9,11H2,1H3,(H,18,20). The summed E-state index contributed by atoms with van der Waals surface area (Å²) < 4.78 is 0. The Morgan fingerprint density at radius 2 is 2.10 bits per heavy atom. The van der Waals surface area contributed by atoms with Crippen LogP contribution in [0, 0.1) is 6.92 Å². The summed E-state index contributed by atoms with van der Waals surface area (Å²) in [5, 5.41) is 6.21. The van der Waals surface area contributed by atoms with Gasteiger partial charge in [0.25, 0.3) is 0 Å². The van der Waals surface area contributed by atoms with Gasteiger partial charge in [-0.3, -0.25) is 4.79 Å². The van der Waals surface area contributed by atoms with Crippen molar-refractivity contribution in [2.45, 2.75) is 19.8 Å². The molecule has 0 aliphatic carbocycles. The highest BCUT2D eigenvalue weighted by Crippen LogP contribution is 2.22. The Hall–Kier alpha value is -2.07. The number of aromatic nitrogens is 1. The molecule has 21 heavy (non-hydrogen) atoms. The molecule has 3 aromatic rings. The summed E-state index contributed by atoms with van der Waals surface area (Å²) in [5.41, 5.74) is 3.26. The number of benzene rings is 1. The summed E-state index contributed by atoms with van der Waals surface area (Å²) in [7, 11) is 0. The maximum absolute atomic E-state index is 12.1. The molecule has 2 aromatic heterocycles. The quantitative estimate of drug-likeness (QED) is 0.744. The van der Waals surface area contributed by atoms with E-state index in [0.29, 0.717) is 13.0 Å². The van der Waals surface area contributed by atoms with Crippen LogP contribution in [-0.2, 0) is 17.6 Å². The number of thiophene rings is 1. The zero-order chi connectivity index (χ0) is 14.7. The fourth-order valence-corrected chi connectivity index (χ4v) is 3.27. The Morgan fingerprint density at radius 1 is 1.24 bits per heavy atom. The molecule has 0 aliphatic heterocycles. The first-order chi connectivity index (χ1) is 10.2. The lowest BCUT2D eigenvalue weighted by Gasteiger charge is -2.05. The highest BCUT2D eigenvalue weighted by Gasteiger charge is 2.11. The topological polar surface area (TPSA) is 44.9 Å². The molecule has 2 heterocycles. The number of fused-ring (bicyclic) bond motifs is 1. The minimum absolute atomic E-state index is 0.0828. The van der Waals surface area contributed by atoms with Gasteiger partial charge in [0.1, 0.15) is 0 Å². The zero-order valence-electron chi connectivity index (χ0n) is 12.0. The minimum atomic E-state index is 0.0828. The van der Waals surface area contributed by atoms with Crippen molar-refractivity contribution in [1.82, 2.24) is 10.3 Å². The van der Waals surface area contributed by atoms with E-state index in [4.69, 9.17) is 0 Å². The molecule has 0 spiro atoms. The lowest BCUT2D eigenvalue weighted by Crippen LogP contribution is -2.27. The Labute approximate surface area is 128 Å². The van der Waals surface area contributed by atoms with Crippen molar-refractivity contribution in [3.8, 4) is 0 Å². The van der Waals surface area contributed by atoms with Crippen LogP contribution in [0.5, 0.6) is 0 Å². The van der Waals surface area contributed by atoms with Crippen LogP contribution in [0.2, 0.25) is 0 Å². The molecule has 1 amide bonds. The van der Waals surface area contributed by atoms with Crippen LogP contribution in [0.4, 0.5) is 0 Å². The normalized spacial score (nSPS) is 10.9. The summed E-state index contributed by atoms with van der Waals surface area (Å²) in [4.78, 5) is 16.7. The van der Waals surface area contributed by atoms with E-state index in [-0.39, 0.29) is 5.91 Å². The minimum Gasteiger partial charge on any atom is -0.358 e. The molecule has 0 aliphatic rings. The maximum Gasteiger partial charge on any atom is 0.224 e. The largest absolute Gasteiger partial charge is 0.358 e. The number of hydrogen-bond donors (Lipinski definition) is 2. The number of amides is 1. The van der Waals surface area contributed by atoms with Gasteiger partial charge in [0.05, 0.1) is 6.42 Å². The molecule has 3 rings (SSSR count). The summed E-state index contributed by atoms with van der Waals surface area (Å²) in [6, 6.07) is 12.3. The van der Waals surface area contributed by atoms with Crippen molar-refractivity contribution >= 4 is 28.1 Å². The smallest absolute Gasteiger partial charge is 0.224 e. The molecule has 4 heteroatoms. The first-order valence-electron chi connectivity index (χ1n) is 7.09. The van der Waals surface area contributed by atoms with Crippen LogP contribution < -0.4 is 5.32 Å². The van der Waals surface area contributed by atoms with Gasteiger partial charge in [0.2, 0.25) is 5.91 Å². The first kappa shape index (κ1) is 13.9. The van der Waals surface area contributed by atoms with Crippen LogP contribution in [0.1, 0.15) is 16.1 Å². The summed E-state index contributed by atoms with van der Waals surface area (Å²) in [5.74, 6) is 0.0828. The van der Waals surface area contributed by atoms with Crippen LogP contribution >= 0.6 is 11.3 Å². The zero-order valence-corrected chi connectivity index (χ0v) is 12.8. The number of aromatic amines is 1. The van der Waals surface area contributed by atoms with Crippen molar-refractivity contribution < 1.29 is 4.79 Å².